The van der Waals surface area contributed by atoms with E-state index >= 15 is 0 Å². The Balaban J connectivity index is 1.44. The van der Waals surface area contributed by atoms with Crippen molar-refractivity contribution in [1.29, 1.82) is 0 Å². The van der Waals surface area contributed by atoms with Gasteiger partial charge >= 0.3 is 0 Å². The van der Waals surface area contributed by atoms with E-state index in [1.807, 2.05) is 36.4 Å². The van der Waals surface area contributed by atoms with E-state index in [0.29, 0.717) is 24.6 Å². The van der Waals surface area contributed by atoms with Gasteiger partial charge in [-0.25, -0.2) is 0 Å². The topological polar surface area (TPSA) is 76.7 Å². The molecule has 0 atom stereocenters. The second kappa shape index (κ2) is 7.50. The number of nitrogens with one attached hydrogen (secondary N) is 2. The van der Waals surface area contributed by atoms with Crippen LogP contribution in [0.3, 0.4) is 0 Å². The zero-order valence-corrected chi connectivity index (χ0v) is 13.1. The smallest absolute Gasteiger partial charge is 0.262 e. The molecular weight excluding hydrogens is 308 g/mol. The first kappa shape index (κ1) is 15.9. The predicted molar refractivity (Wildman–Crippen MR) is 89.0 cm³/mol. The lowest BCUT2D eigenvalue weighted by molar-refractivity contribution is -0.121. The molecule has 1 aliphatic heterocycles. The summed E-state index contributed by atoms with van der Waals surface area (Å²) in [5, 5.41) is 5.57. The summed E-state index contributed by atoms with van der Waals surface area (Å²) >= 11 is 0. The molecule has 24 heavy (non-hydrogen) atoms. The Morgan fingerprint density at radius 3 is 2.88 bits per heavy atom. The monoisotopic (exact) mass is 326 g/mol. The van der Waals surface area contributed by atoms with Gasteiger partial charge in [0.05, 0.1) is 18.7 Å². The Labute approximate surface area is 139 Å². The predicted octanol–water partition coefficient (Wildman–Crippen LogP) is 2.10. The maximum Gasteiger partial charge on any atom is 0.262 e. The minimum absolute atomic E-state index is 0.0322. The summed E-state index contributed by atoms with van der Waals surface area (Å²) in [6, 6.07) is 14.8. The first-order valence-electron chi connectivity index (χ1n) is 7.71. The van der Waals surface area contributed by atoms with Crippen molar-refractivity contribution in [3.05, 3.63) is 54.1 Å². The standard InChI is InChI=1S/C18H18N2O4/c21-17(8-9-23-14-4-2-1-3-5-14)19-11-13-6-7-16-15(10-13)20-18(22)12-24-16/h1-7,10H,8-9,11-12H2,(H,19,21)(H,20,22). The van der Waals surface area contributed by atoms with Crippen LogP contribution in [0.5, 0.6) is 11.5 Å². The third-order valence-corrected chi connectivity index (χ3v) is 3.51. The van der Waals surface area contributed by atoms with Crippen LogP contribution in [-0.2, 0) is 16.1 Å². The highest BCUT2D eigenvalue weighted by molar-refractivity contribution is 5.95. The third kappa shape index (κ3) is 4.25. The molecule has 6 nitrogen and oxygen atoms in total. The van der Waals surface area contributed by atoms with E-state index < -0.39 is 0 Å². The van der Waals surface area contributed by atoms with Crippen LogP contribution in [0.1, 0.15) is 12.0 Å². The highest BCUT2D eigenvalue weighted by Crippen LogP contribution is 2.28. The number of amides is 2. The van der Waals surface area contributed by atoms with Crippen LogP contribution in [0.2, 0.25) is 0 Å². The Morgan fingerprint density at radius 1 is 1.21 bits per heavy atom. The van der Waals surface area contributed by atoms with Gasteiger partial charge in [0.2, 0.25) is 5.91 Å². The van der Waals surface area contributed by atoms with Gasteiger partial charge in [0.25, 0.3) is 5.91 Å². The van der Waals surface area contributed by atoms with Crippen molar-refractivity contribution in [2.75, 3.05) is 18.5 Å². The zero-order chi connectivity index (χ0) is 16.8. The third-order valence-electron chi connectivity index (χ3n) is 3.51. The molecule has 1 aliphatic rings. The van der Waals surface area contributed by atoms with Gasteiger partial charge in [-0.05, 0) is 29.8 Å². The molecule has 6 heteroatoms. The van der Waals surface area contributed by atoms with Crippen LogP contribution in [0.25, 0.3) is 0 Å². The van der Waals surface area contributed by atoms with Crippen LogP contribution >= 0.6 is 0 Å². The van der Waals surface area contributed by atoms with Gasteiger partial charge in [-0.2, -0.15) is 0 Å². The first-order chi connectivity index (χ1) is 11.7. The minimum Gasteiger partial charge on any atom is -0.493 e. The number of carbonyl (C=O) groups is 2. The Hall–Kier alpha value is -3.02. The second-order valence-electron chi connectivity index (χ2n) is 5.36. The molecule has 0 aromatic heterocycles. The van der Waals surface area contributed by atoms with Gasteiger partial charge in [0, 0.05) is 6.54 Å². The zero-order valence-electron chi connectivity index (χ0n) is 13.1. The van der Waals surface area contributed by atoms with E-state index in [2.05, 4.69) is 10.6 Å². The number of carbonyl (C=O) groups excluding carboxylic acids is 2. The number of para-hydroxylation sites is 1. The van der Waals surface area contributed by atoms with E-state index in [0.717, 1.165) is 11.3 Å². The average Bonchev–Trinajstić information content (AvgIpc) is 2.60. The molecule has 2 amide bonds. The molecule has 124 valence electrons. The SMILES string of the molecule is O=C(CCOc1ccccc1)NCc1ccc2c(c1)NC(=O)CO2. The normalized spacial score (nSPS) is 12.6. The van der Waals surface area contributed by atoms with Crippen molar-refractivity contribution >= 4 is 17.5 Å². The first-order valence-corrected chi connectivity index (χ1v) is 7.71. The van der Waals surface area contributed by atoms with Crippen LogP contribution < -0.4 is 20.1 Å². The fraction of sp³-hybridized carbons (Fsp3) is 0.222. The van der Waals surface area contributed by atoms with Gasteiger partial charge in [-0.15, -0.1) is 0 Å². The molecule has 0 unspecified atom stereocenters. The fourth-order valence-corrected chi connectivity index (χ4v) is 2.31. The van der Waals surface area contributed by atoms with Crippen molar-refractivity contribution in [2.24, 2.45) is 0 Å². The van der Waals surface area contributed by atoms with E-state index in [4.69, 9.17) is 9.47 Å². The van der Waals surface area contributed by atoms with Gasteiger partial charge in [0.1, 0.15) is 11.5 Å². The molecule has 0 saturated heterocycles. The molecule has 2 aromatic rings. The molecule has 0 aliphatic carbocycles. The summed E-state index contributed by atoms with van der Waals surface area (Å²) in [4.78, 5) is 23.2. The summed E-state index contributed by atoms with van der Waals surface area (Å²) in [6.45, 7) is 0.738. The lowest BCUT2D eigenvalue weighted by Crippen LogP contribution is -2.26. The quantitative estimate of drug-likeness (QED) is 0.852. The number of rotatable bonds is 6. The molecule has 0 fully saturated rings. The average molecular weight is 326 g/mol. The highest BCUT2D eigenvalue weighted by atomic mass is 16.5. The summed E-state index contributed by atoms with van der Waals surface area (Å²) in [5.74, 6) is 1.11. The number of fused-ring (bicyclic) bond motifs is 1. The van der Waals surface area contributed by atoms with Gasteiger partial charge < -0.3 is 20.1 Å². The maximum absolute atomic E-state index is 11.9. The molecule has 0 bridgehead atoms. The van der Waals surface area contributed by atoms with Crippen LogP contribution in [-0.4, -0.2) is 25.0 Å². The number of ether oxygens (including phenoxy) is 2. The van der Waals surface area contributed by atoms with Crippen LogP contribution in [0.4, 0.5) is 5.69 Å². The maximum atomic E-state index is 11.9. The summed E-state index contributed by atoms with van der Waals surface area (Å²) in [5.41, 5.74) is 1.52. The summed E-state index contributed by atoms with van der Waals surface area (Å²) in [7, 11) is 0. The lowest BCUT2D eigenvalue weighted by Gasteiger charge is -2.18. The van der Waals surface area contributed by atoms with Crippen LogP contribution in [0, 0.1) is 0 Å². The van der Waals surface area contributed by atoms with Gasteiger partial charge in [-0.1, -0.05) is 24.3 Å². The van der Waals surface area contributed by atoms with Crippen molar-refractivity contribution in [2.45, 2.75) is 13.0 Å². The largest absolute Gasteiger partial charge is 0.493 e. The molecule has 3 rings (SSSR count). The van der Waals surface area contributed by atoms with Crippen molar-refractivity contribution < 1.29 is 19.1 Å². The molecular formula is C18H18N2O4. The van der Waals surface area contributed by atoms with Gasteiger partial charge in [0.15, 0.2) is 6.61 Å². The molecule has 1 heterocycles. The lowest BCUT2D eigenvalue weighted by atomic mass is 10.1. The number of anilines is 1. The van der Waals surface area contributed by atoms with Crippen LogP contribution in [0.15, 0.2) is 48.5 Å². The van der Waals surface area contributed by atoms with Crippen molar-refractivity contribution in [1.82, 2.24) is 5.32 Å². The van der Waals surface area contributed by atoms with E-state index in [-0.39, 0.29) is 24.8 Å². The molecule has 0 spiro atoms. The molecule has 2 N–H and O–H groups in total. The fourth-order valence-electron chi connectivity index (χ4n) is 2.31. The van der Waals surface area contributed by atoms with E-state index in [1.54, 1.807) is 12.1 Å². The minimum atomic E-state index is -0.179. The highest BCUT2D eigenvalue weighted by Gasteiger charge is 2.15. The van der Waals surface area contributed by atoms with Crippen molar-refractivity contribution in [3.8, 4) is 11.5 Å². The van der Waals surface area contributed by atoms with E-state index in [1.165, 1.54) is 0 Å². The second-order valence-corrected chi connectivity index (χ2v) is 5.36. The van der Waals surface area contributed by atoms with Crippen molar-refractivity contribution in [3.63, 3.8) is 0 Å². The summed E-state index contributed by atoms with van der Waals surface area (Å²) in [6.07, 6.45) is 0.277. The number of benzene rings is 2. The number of hydrogen-bond donors (Lipinski definition) is 2. The molecule has 2 aromatic carbocycles. The Morgan fingerprint density at radius 2 is 2.04 bits per heavy atom. The van der Waals surface area contributed by atoms with Gasteiger partial charge in [-0.3, -0.25) is 9.59 Å². The van der Waals surface area contributed by atoms with E-state index in [9.17, 15) is 9.59 Å². The summed E-state index contributed by atoms with van der Waals surface area (Å²) < 4.78 is 10.8. The Kier molecular flexibility index (Phi) is 4.96. The number of hydrogen-bond acceptors (Lipinski definition) is 4. The molecule has 0 saturated carbocycles. The molecule has 0 radical (unpaired) electrons. The Bertz CT molecular complexity index is 731.